The molecule has 1 fully saturated rings. The number of phenols is 1. The number of aromatic hydroxyl groups is 1. The molecule has 1 aliphatic rings. The number of rotatable bonds is 3. The van der Waals surface area contributed by atoms with Crippen molar-refractivity contribution in [2.75, 3.05) is 32.7 Å². The lowest BCUT2D eigenvalue weighted by Crippen LogP contribution is -2.46. The molecular formula is C14H21FN2O. The first-order valence-corrected chi connectivity index (χ1v) is 6.56. The molecule has 2 rings (SSSR count). The fraction of sp³-hybridized carbons (Fsp3) is 0.571. The quantitative estimate of drug-likeness (QED) is 0.893. The number of hydrogen-bond acceptors (Lipinski definition) is 3. The molecule has 0 bridgehead atoms. The maximum atomic E-state index is 13.0. The molecule has 1 aliphatic heterocycles. The summed E-state index contributed by atoms with van der Waals surface area (Å²) in [6, 6.07) is 4.41. The van der Waals surface area contributed by atoms with Crippen molar-refractivity contribution in [2.24, 2.45) is 0 Å². The van der Waals surface area contributed by atoms with E-state index in [-0.39, 0.29) is 17.6 Å². The summed E-state index contributed by atoms with van der Waals surface area (Å²) >= 11 is 0. The van der Waals surface area contributed by atoms with Gasteiger partial charge < -0.3 is 10.0 Å². The number of halogens is 1. The Hall–Kier alpha value is -1.13. The number of piperazine rings is 1. The van der Waals surface area contributed by atoms with E-state index in [1.165, 1.54) is 12.1 Å². The second kappa shape index (κ2) is 5.67. The lowest BCUT2D eigenvalue weighted by molar-refractivity contribution is 0.105. The fourth-order valence-corrected chi connectivity index (χ4v) is 2.53. The third-order valence-electron chi connectivity index (χ3n) is 3.84. The number of likely N-dealkylation sites (N-methyl/N-ethyl adjacent to an activating group) is 1. The van der Waals surface area contributed by atoms with Gasteiger partial charge >= 0.3 is 0 Å². The Morgan fingerprint density at radius 2 is 1.94 bits per heavy atom. The minimum absolute atomic E-state index is 0.0559. The molecular weight excluding hydrogens is 231 g/mol. The van der Waals surface area contributed by atoms with E-state index in [1.54, 1.807) is 6.07 Å². The minimum atomic E-state index is -0.390. The van der Waals surface area contributed by atoms with Crippen LogP contribution < -0.4 is 0 Å². The van der Waals surface area contributed by atoms with E-state index in [0.29, 0.717) is 0 Å². The Labute approximate surface area is 108 Å². The number of phenolic OH excluding ortho intramolecular Hbond substituents is 1. The van der Waals surface area contributed by atoms with Gasteiger partial charge in [0.1, 0.15) is 11.6 Å². The first-order valence-electron chi connectivity index (χ1n) is 6.56. The molecule has 1 unspecified atom stereocenters. The lowest BCUT2D eigenvalue weighted by atomic mass is 10.0. The lowest BCUT2D eigenvalue weighted by Gasteiger charge is -2.37. The Bertz CT molecular complexity index is 403. The predicted molar refractivity (Wildman–Crippen MR) is 70.2 cm³/mol. The number of hydrogen-bond donors (Lipinski definition) is 1. The molecule has 3 nitrogen and oxygen atoms in total. The van der Waals surface area contributed by atoms with Crippen LogP contribution in [0, 0.1) is 5.82 Å². The molecule has 0 spiro atoms. The van der Waals surface area contributed by atoms with Gasteiger partial charge in [-0.3, -0.25) is 4.90 Å². The molecule has 1 aromatic rings. The molecule has 0 amide bonds. The SMILES string of the molecule is CCN1CCN(C(C)c2ccc(F)cc2O)CC1. The largest absolute Gasteiger partial charge is 0.508 e. The first kappa shape index (κ1) is 13.3. The van der Waals surface area contributed by atoms with Crippen molar-refractivity contribution in [3.8, 4) is 5.75 Å². The molecule has 0 radical (unpaired) electrons. The van der Waals surface area contributed by atoms with Gasteiger partial charge in [-0.15, -0.1) is 0 Å². The van der Waals surface area contributed by atoms with Gasteiger partial charge in [0.2, 0.25) is 0 Å². The Morgan fingerprint density at radius 1 is 1.28 bits per heavy atom. The molecule has 1 N–H and O–H groups in total. The summed E-state index contributed by atoms with van der Waals surface area (Å²) in [6.45, 7) is 9.42. The van der Waals surface area contributed by atoms with Crippen LogP contribution in [0.2, 0.25) is 0 Å². The van der Waals surface area contributed by atoms with Gasteiger partial charge in [-0.25, -0.2) is 4.39 Å². The zero-order valence-electron chi connectivity index (χ0n) is 11.1. The molecule has 1 aromatic carbocycles. The third-order valence-corrected chi connectivity index (χ3v) is 3.84. The Balaban J connectivity index is 2.05. The van der Waals surface area contributed by atoms with E-state index in [1.807, 2.05) is 0 Å². The van der Waals surface area contributed by atoms with Crippen molar-refractivity contribution in [3.63, 3.8) is 0 Å². The van der Waals surface area contributed by atoms with Crippen LogP contribution in [0.15, 0.2) is 18.2 Å². The van der Waals surface area contributed by atoms with Crippen LogP contribution in [-0.4, -0.2) is 47.6 Å². The maximum absolute atomic E-state index is 13.0. The summed E-state index contributed by atoms with van der Waals surface area (Å²) in [5.74, 6) is -0.334. The molecule has 18 heavy (non-hydrogen) atoms. The highest BCUT2D eigenvalue weighted by atomic mass is 19.1. The summed E-state index contributed by atoms with van der Waals surface area (Å²) in [7, 11) is 0. The van der Waals surface area contributed by atoms with E-state index in [9.17, 15) is 9.50 Å². The normalized spacial score (nSPS) is 19.9. The number of nitrogens with zero attached hydrogens (tertiary/aromatic N) is 2. The number of benzene rings is 1. The molecule has 4 heteroatoms. The molecule has 1 saturated heterocycles. The van der Waals surface area contributed by atoms with E-state index >= 15 is 0 Å². The van der Waals surface area contributed by atoms with Gasteiger partial charge in [-0.1, -0.05) is 13.0 Å². The minimum Gasteiger partial charge on any atom is -0.508 e. The molecule has 100 valence electrons. The van der Waals surface area contributed by atoms with Crippen molar-refractivity contribution in [1.29, 1.82) is 0 Å². The van der Waals surface area contributed by atoms with Gasteiger partial charge in [0, 0.05) is 43.9 Å². The average molecular weight is 252 g/mol. The Kier molecular flexibility index (Phi) is 4.19. The van der Waals surface area contributed by atoms with E-state index in [2.05, 4.69) is 23.6 Å². The smallest absolute Gasteiger partial charge is 0.126 e. The standard InChI is InChI=1S/C14H21FN2O/c1-3-16-6-8-17(9-7-16)11(2)13-5-4-12(15)10-14(13)18/h4-5,10-11,18H,3,6-9H2,1-2H3. The topological polar surface area (TPSA) is 26.7 Å². The van der Waals surface area contributed by atoms with Crippen LogP contribution in [0.3, 0.4) is 0 Å². The van der Waals surface area contributed by atoms with Gasteiger partial charge in [0.05, 0.1) is 0 Å². The van der Waals surface area contributed by atoms with Crippen molar-refractivity contribution in [1.82, 2.24) is 9.80 Å². The predicted octanol–water partition coefficient (Wildman–Crippen LogP) is 2.23. The van der Waals surface area contributed by atoms with Crippen LogP contribution in [0.5, 0.6) is 5.75 Å². The van der Waals surface area contributed by atoms with Crippen LogP contribution >= 0.6 is 0 Å². The second-order valence-electron chi connectivity index (χ2n) is 4.85. The Morgan fingerprint density at radius 3 is 2.50 bits per heavy atom. The monoisotopic (exact) mass is 252 g/mol. The zero-order chi connectivity index (χ0) is 13.1. The van der Waals surface area contributed by atoms with Crippen LogP contribution in [-0.2, 0) is 0 Å². The van der Waals surface area contributed by atoms with E-state index in [0.717, 1.165) is 38.3 Å². The van der Waals surface area contributed by atoms with E-state index in [4.69, 9.17) is 0 Å². The molecule has 0 aromatic heterocycles. The second-order valence-corrected chi connectivity index (χ2v) is 4.85. The molecule has 1 heterocycles. The van der Waals surface area contributed by atoms with Crippen LogP contribution in [0.25, 0.3) is 0 Å². The third kappa shape index (κ3) is 2.82. The van der Waals surface area contributed by atoms with Crippen molar-refractivity contribution >= 4 is 0 Å². The first-order chi connectivity index (χ1) is 8.61. The highest BCUT2D eigenvalue weighted by Gasteiger charge is 2.22. The summed E-state index contributed by atoms with van der Waals surface area (Å²) in [5.41, 5.74) is 0.807. The average Bonchev–Trinajstić information content (AvgIpc) is 2.38. The van der Waals surface area contributed by atoms with Crippen LogP contribution in [0.4, 0.5) is 4.39 Å². The summed E-state index contributed by atoms with van der Waals surface area (Å²) in [4.78, 5) is 4.74. The van der Waals surface area contributed by atoms with E-state index < -0.39 is 0 Å². The summed E-state index contributed by atoms with van der Waals surface area (Å²) < 4.78 is 13.0. The fourth-order valence-electron chi connectivity index (χ4n) is 2.53. The van der Waals surface area contributed by atoms with Crippen molar-refractivity contribution < 1.29 is 9.50 Å². The molecule has 1 atom stereocenters. The van der Waals surface area contributed by atoms with Gasteiger partial charge in [-0.2, -0.15) is 0 Å². The maximum Gasteiger partial charge on any atom is 0.126 e. The summed E-state index contributed by atoms with van der Waals surface area (Å²) in [5, 5.41) is 9.81. The van der Waals surface area contributed by atoms with Crippen LogP contribution in [0.1, 0.15) is 25.5 Å². The molecule has 0 aliphatic carbocycles. The van der Waals surface area contributed by atoms with Gasteiger partial charge in [0.25, 0.3) is 0 Å². The van der Waals surface area contributed by atoms with Gasteiger partial charge in [0.15, 0.2) is 0 Å². The van der Waals surface area contributed by atoms with Crippen molar-refractivity contribution in [3.05, 3.63) is 29.6 Å². The summed E-state index contributed by atoms with van der Waals surface area (Å²) in [6.07, 6.45) is 0. The zero-order valence-corrected chi connectivity index (χ0v) is 11.1. The van der Waals surface area contributed by atoms with Crippen molar-refractivity contribution in [2.45, 2.75) is 19.9 Å². The molecule has 0 saturated carbocycles. The highest BCUT2D eigenvalue weighted by Crippen LogP contribution is 2.29. The highest BCUT2D eigenvalue weighted by molar-refractivity contribution is 5.35. The van der Waals surface area contributed by atoms with Gasteiger partial charge in [-0.05, 0) is 19.5 Å².